The first kappa shape index (κ1) is 13.3. The maximum atomic E-state index is 12.4. The lowest BCUT2D eigenvalue weighted by molar-refractivity contribution is -0.0640. The molecule has 0 amide bonds. The summed E-state index contributed by atoms with van der Waals surface area (Å²) in [5, 5.41) is 0. The van der Waals surface area contributed by atoms with E-state index in [1.54, 1.807) is 0 Å². The highest BCUT2D eigenvalue weighted by Crippen LogP contribution is 2.25. The van der Waals surface area contributed by atoms with E-state index < -0.39 is 15.6 Å². The normalized spacial score (nSPS) is 20.8. The Kier molecular flexibility index (Phi) is 3.31. The van der Waals surface area contributed by atoms with Crippen LogP contribution in [0.15, 0.2) is 23.4 Å². The van der Waals surface area contributed by atoms with Crippen molar-refractivity contribution in [2.24, 2.45) is 0 Å². The highest BCUT2D eigenvalue weighted by atomic mass is 32.2. The number of anilines is 1. The van der Waals surface area contributed by atoms with Crippen LogP contribution in [0.4, 0.5) is 5.69 Å². The van der Waals surface area contributed by atoms with Crippen molar-refractivity contribution in [2.45, 2.75) is 24.3 Å². The SMILES string of the molecule is CC1(C)CN(S(=O)(=O)c2cnccc2N)CCO1. The number of morpholine rings is 1. The summed E-state index contributed by atoms with van der Waals surface area (Å²) in [5.74, 6) is 0. The Labute approximate surface area is 107 Å². The first-order chi connectivity index (χ1) is 8.33. The average molecular weight is 271 g/mol. The fourth-order valence-corrected chi connectivity index (χ4v) is 3.56. The van der Waals surface area contributed by atoms with E-state index in [9.17, 15) is 8.42 Å². The number of nitrogens with two attached hydrogens (primary N) is 1. The molecule has 0 atom stereocenters. The van der Waals surface area contributed by atoms with Gasteiger partial charge in [0.15, 0.2) is 0 Å². The molecule has 18 heavy (non-hydrogen) atoms. The lowest BCUT2D eigenvalue weighted by atomic mass is 10.1. The van der Waals surface area contributed by atoms with Crippen molar-refractivity contribution in [1.82, 2.24) is 9.29 Å². The molecule has 0 unspecified atom stereocenters. The molecule has 1 saturated heterocycles. The van der Waals surface area contributed by atoms with Gasteiger partial charge in [0, 0.05) is 25.5 Å². The molecule has 2 N–H and O–H groups in total. The molecule has 1 aromatic heterocycles. The molecular formula is C11H17N3O3S. The van der Waals surface area contributed by atoms with Gasteiger partial charge < -0.3 is 10.5 Å². The van der Waals surface area contributed by atoms with Gasteiger partial charge in [-0.2, -0.15) is 4.31 Å². The Morgan fingerprint density at radius 3 is 2.83 bits per heavy atom. The van der Waals surface area contributed by atoms with Gasteiger partial charge in [0.1, 0.15) is 4.90 Å². The molecule has 2 rings (SSSR count). The van der Waals surface area contributed by atoms with E-state index in [0.717, 1.165) is 0 Å². The minimum absolute atomic E-state index is 0.0581. The number of ether oxygens (including phenoxy) is 1. The zero-order valence-corrected chi connectivity index (χ0v) is 11.3. The average Bonchev–Trinajstić information content (AvgIpc) is 2.28. The molecule has 1 aromatic rings. The van der Waals surface area contributed by atoms with E-state index in [1.165, 1.54) is 22.8 Å². The van der Waals surface area contributed by atoms with Gasteiger partial charge in [-0.1, -0.05) is 0 Å². The van der Waals surface area contributed by atoms with Crippen molar-refractivity contribution in [2.75, 3.05) is 25.4 Å². The van der Waals surface area contributed by atoms with Gasteiger partial charge in [-0.3, -0.25) is 4.98 Å². The third-order valence-corrected chi connectivity index (χ3v) is 4.71. The molecular weight excluding hydrogens is 254 g/mol. The number of aromatic nitrogens is 1. The summed E-state index contributed by atoms with van der Waals surface area (Å²) in [6.07, 6.45) is 2.75. The van der Waals surface area contributed by atoms with Crippen molar-refractivity contribution in [3.8, 4) is 0 Å². The third kappa shape index (κ3) is 2.47. The summed E-state index contributed by atoms with van der Waals surface area (Å²) >= 11 is 0. The minimum atomic E-state index is -3.60. The summed E-state index contributed by atoms with van der Waals surface area (Å²) in [7, 11) is -3.60. The van der Waals surface area contributed by atoms with Crippen LogP contribution in [-0.4, -0.2) is 43.0 Å². The van der Waals surface area contributed by atoms with E-state index in [0.29, 0.717) is 19.7 Å². The second-order valence-electron chi connectivity index (χ2n) is 4.86. The van der Waals surface area contributed by atoms with Crippen LogP contribution in [-0.2, 0) is 14.8 Å². The van der Waals surface area contributed by atoms with Crippen LogP contribution in [0.1, 0.15) is 13.8 Å². The maximum Gasteiger partial charge on any atom is 0.246 e. The standard InChI is InChI=1S/C11H17N3O3S/c1-11(2)8-14(5-6-17-11)18(15,16)10-7-13-4-3-9(10)12/h3-4,7H,5-6,8H2,1-2H3,(H2,12,13). The topological polar surface area (TPSA) is 85.5 Å². The molecule has 0 bridgehead atoms. The number of nitrogen functional groups attached to an aromatic ring is 1. The van der Waals surface area contributed by atoms with Crippen LogP contribution < -0.4 is 5.73 Å². The summed E-state index contributed by atoms with van der Waals surface area (Å²) in [5.41, 5.74) is 5.44. The Balaban J connectivity index is 2.35. The number of rotatable bonds is 2. The van der Waals surface area contributed by atoms with Gasteiger partial charge in [0.2, 0.25) is 10.0 Å². The summed E-state index contributed by atoms with van der Waals surface area (Å²) in [6, 6.07) is 1.48. The molecule has 7 heteroatoms. The summed E-state index contributed by atoms with van der Waals surface area (Å²) < 4.78 is 31.8. The first-order valence-electron chi connectivity index (χ1n) is 5.66. The van der Waals surface area contributed by atoms with Gasteiger partial charge in [0.05, 0.1) is 17.9 Å². The fourth-order valence-electron chi connectivity index (χ4n) is 1.92. The Bertz CT molecular complexity index is 542. The molecule has 0 saturated carbocycles. The van der Waals surface area contributed by atoms with Crippen molar-refractivity contribution >= 4 is 15.7 Å². The molecule has 1 aliphatic rings. The van der Waals surface area contributed by atoms with Crippen LogP contribution in [0, 0.1) is 0 Å². The van der Waals surface area contributed by atoms with Crippen molar-refractivity contribution in [3.63, 3.8) is 0 Å². The molecule has 0 spiro atoms. The fraction of sp³-hybridized carbons (Fsp3) is 0.545. The highest BCUT2D eigenvalue weighted by molar-refractivity contribution is 7.89. The zero-order valence-electron chi connectivity index (χ0n) is 10.5. The van der Waals surface area contributed by atoms with Gasteiger partial charge in [-0.15, -0.1) is 0 Å². The number of hydrogen-bond donors (Lipinski definition) is 1. The predicted molar refractivity (Wildman–Crippen MR) is 67.4 cm³/mol. The van der Waals surface area contributed by atoms with Gasteiger partial charge in [-0.05, 0) is 19.9 Å². The van der Waals surface area contributed by atoms with E-state index >= 15 is 0 Å². The quantitative estimate of drug-likeness (QED) is 0.844. The second-order valence-corrected chi connectivity index (χ2v) is 6.77. The van der Waals surface area contributed by atoms with Crippen molar-refractivity contribution in [3.05, 3.63) is 18.5 Å². The van der Waals surface area contributed by atoms with Crippen molar-refractivity contribution in [1.29, 1.82) is 0 Å². The first-order valence-corrected chi connectivity index (χ1v) is 7.10. The lowest BCUT2D eigenvalue weighted by Gasteiger charge is -2.37. The van der Waals surface area contributed by atoms with Crippen LogP contribution in [0.2, 0.25) is 0 Å². The van der Waals surface area contributed by atoms with Crippen LogP contribution in [0.3, 0.4) is 0 Å². The van der Waals surface area contributed by atoms with Crippen LogP contribution in [0.25, 0.3) is 0 Å². The Morgan fingerprint density at radius 1 is 1.50 bits per heavy atom. The number of hydrogen-bond acceptors (Lipinski definition) is 5. The van der Waals surface area contributed by atoms with E-state index in [-0.39, 0.29) is 10.6 Å². The number of sulfonamides is 1. The Hall–Kier alpha value is -1.18. The summed E-state index contributed by atoms with van der Waals surface area (Å²) in [4.78, 5) is 3.88. The summed E-state index contributed by atoms with van der Waals surface area (Å²) in [6.45, 7) is 4.75. The van der Waals surface area contributed by atoms with Gasteiger partial charge in [0.25, 0.3) is 0 Å². The van der Waals surface area contributed by atoms with E-state index in [1.807, 2.05) is 13.8 Å². The van der Waals surface area contributed by atoms with Gasteiger partial charge >= 0.3 is 0 Å². The maximum absolute atomic E-state index is 12.4. The van der Waals surface area contributed by atoms with Crippen molar-refractivity contribution < 1.29 is 13.2 Å². The molecule has 2 heterocycles. The monoisotopic (exact) mass is 271 g/mol. The molecule has 0 aliphatic carbocycles. The van der Waals surface area contributed by atoms with Crippen LogP contribution in [0.5, 0.6) is 0 Å². The molecule has 6 nitrogen and oxygen atoms in total. The molecule has 1 aliphatic heterocycles. The predicted octanol–water partition coefficient (Wildman–Crippen LogP) is 0.463. The van der Waals surface area contributed by atoms with Crippen LogP contribution >= 0.6 is 0 Å². The highest BCUT2D eigenvalue weighted by Gasteiger charge is 2.35. The lowest BCUT2D eigenvalue weighted by Crippen LogP contribution is -2.50. The molecule has 100 valence electrons. The third-order valence-electron chi connectivity index (χ3n) is 2.82. The minimum Gasteiger partial charge on any atom is -0.398 e. The van der Waals surface area contributed by atoms with E-state index in [2.05, 4.69) is 4.98 Å². The largest absolute Gasteiger partial charge is 0.398 e. The zero-order chi connectivity index (χ0) is 13.4. The number of pyridine rings is 1. The number of nitrogens with zero attached hydrogens (tertiary/aromatic N) is 2. The van der Waals surface area contributed by atoms with E-state index in [4.69, 9.17) is 10.5 Å². The molecule has 0 aromatic carbocycles. The molecule has 0 radical (unpaired) electrons. The van der Waals surface area contributed by atoms with Gasteiger partial charge in [-0.25, -0.2) is 8.42 Å². The molecule has 1 fully saturated rings. The Morgan fingerprint density at radius 2 is 2.22 bits per heavy atom. The second kappa shape index (κ2) is 4.49. The smallest absolute Gasteiger partial charge is 0.246 e.